The van der Waals surface area contributed by atoms with Gasteiger partial charge in [0.25, 0.3) is 5.91 Å². The minimum atomic E-state index is -0.455. The van der Waals surface area contributed by atoms with Crippen LogP contribution in [0, 0.1) is 5.41 Å². The van der Waals surface area contributed by atoms with E-state index >= 15 is 0 Å². The molecule has 1 aliphatic heterocycles. The Morgan fingerprint density at radius 3 is 2.64 bits per heavy atom. The first-order valence-corrected chi connectivity index (χ1v) is 10.4. The molecule has 0 atom stereocenters. The van der Waals surface area contributed by atoms with Crippen molar-refractivity contribution in [2.75, 3.05) is 0 Å². The van der Waals surface area contributed by atoms with Gasteiger partial charge in [-0.25, -0.2) is 4.98 Å². The minimum Gasteiger partial charge on any atom is -0.314 e. The molecule has 0 N–H and O–H groups in total. The second-order valence-electron chi connectivity index (χ2n) is 8.37. The lowest BCUT2D eigenvalue weighted by Gasteiger charge is -2.16. The lowest BCUT2D eigenvalue weighted by atomic mass is 9.95. The predicted molar refractivity (Wildman–Crippen MR) is 102 cm³/mol. The predicted octanol–water partition coefficient (Wildman–Crippen LogP) is 4.18. The van der Waals surface area contributed by atoms with Crippen molar-refractivity contribution < 1.29 is 4.79 Å². The third-order valence-corrected chi connectivity index (χ3v) is 6.49. The van der Waals surface area contributed by atoms with E-state index in [1.165, 1.54) is 41.5 Å². The van der Waals surface area contributed by atoms with Gasteiger partial charge in [0.2, 0.25) is 0 Å². The molecule has 0 radical (unpaired) electrons. The zero-order valence-corrected chi connectivity index (χ0v) is 16.3. The summed E-state index contributed by atoms with van der Waals surface area (Å²) in [6.07, 6.45) is 9.28. The van der Waals surface area contributed by atoms with Crippen molar-refractivity contribution in [3.05, 3.63) is 21.8 Å². The molecule has 0 saturated heterocycles. The molecule has 5 heteroatoms. The number of carbonyl (C=O) groups is 1. The Bertz CT molecular complexity index is 898. The van der Waals surface area contributed by atoms with Crippen LogP contribution < -0.4 is 5.49 Å². The van der Waals surface area contributed by atoms with Crippen LogP contribution >= 0.6 is 11.3 Å². The fourth-order valence-corrected chi connectivity index (χ4v) is 5.11. The molecule has 0 saturated carbocycles. The van der Waals surface area contributed by atoms with Gasteiger partial charge in [0.15, 0.2) is 0 Å². The molecule has 1 amide bonds. The zero-order chi connectivity index (χ0) is 17.6. The molecular formula is C20H27N3OS. The molecule has 2 aromatic heterocycles. The van der Waals surface area contributed by atoms with E-state index in [1.54, 1.807) is 0 Å². The van der Waals surface area contributed by atoms with Crippen molar-refractivity contribution in [3.8, 4) is 0 Å². The van der Waals surface area contributed by atoms with Crippen molar-refractivity contribution in [2.24, 2.45) is 10.4 Å². The molecule has 0 aromatic carbocycles. The number of aryl methyl sites for hydroxylation is 3. The fraction of sp³-hybridized carbons (Fsp3) is 0.650. The first kappa shape index (κ1) is 17.0. The Morgan fingerprint density at radius 1 is 1.08 bits per heavy atom. The molecule has 0 bridgehead atoms. The largest absolute Gasteiger partial charge is 0.314 e. The maximum atomic E-state index is 12.7. The van der Waals surface area contributed by atoms with Crippen LogP contribution in [0.15, 0.2) is 4.99 Å². The van der Waals surface area contributed by atoms with Crippen LogP contribution in [0.3, 0.4) is 0 Å². The SMILES string of the molecule is CC(C)(C)C(=O)N=c1c2c3c(sc2nc2n1CCCCC2)CCCC3. The molecule has 0 unspecified atom stereocenters. The fourth-order valence-electron chi connectivity index (χ4n) is 3.83. The quantitative estimate of drug-likeness (QED) is 0.710. The van der Waals surface area contributed by atoms with E-state index in [4.69, 9.17) is 4.98 Å². The average Bonchev–Trinajstić information content (AvgIpc) is 2.76. The maximum Gasteiger partial charge on any atom is 0.253 e. The van der Waals surface area contributed by atoms with Crippen molar-refractivity contribution in [3.63, 3.8) is 0 Å². The number of aromatic nitrogens is 2. The summed E-state index contributed by atoms with van der Waals surface area (Å²) in [6, 6.07) is 0. The Hall–Kier alpha value is -1.49. The van der Waals surface area contributed by atoms with Crippen molar-refractivity contribution >= 4 is 27.5 Å². The molecule has 4 nitrogen and oxygen atoms in total. The molecule has 25 heavy (non-hydrogen) atoms. The van der Waals surface area contributed by atoms with Gasteiger partial charge in [0.1, 0.15) is 16.1 Å². The number of thiophene rings is 1. The highest BCUT2D eigenvalue weighted by Gasteiger charge is 2.25. The van der Waals surface area contributed by atoms with E-state index in [0.717, 1.165) is 48.4 Å². The highest BCUT2D eigenvalue weighted by atomic mass is 32.1. The van der Waals surface area contributed by atoms with Crippen LogP contribution in [0.2, 0.25) is 0 Å². The topological polar surface area (TPSA) is 47.2 Å². The van der Waals surface area contributed by atoms with Crippen LogP contribution in [0.4, 0.5) is 0 Å². The Morgan fingerprint density at radius 2 is 1.84 bits per heavy atom. The molecule has 134 valence electrons. The Balaban J connectivity index is 2.05. The number of hydrogen-bond donors (Lipinski definition) is 0. The van der Waals surface area contributed by atoms with Gasteiger partial charge in [-0.2, -0.15) is 4.99 Å². The summed E-state index contributed by atoms with van der Waals surface area (Å²) < 4.78 is 2.25. The van der Waals surface area contributed by atoms with Crippen LogP contribution in [-0.4, -0.2) is 15.5 Å². The summed E-state index contributed by atoms with van der Waals surface area (Å²) in [5.41, 5.74) is 1.85. The Kier molecular flexibility index (Phi) is 4.30. The van der Waals surface area contributed by atoms with Crippen LogP contribution in [0.25, 0.3) is 10.2 Å². The van der Waals surface area contributed by atoms with Crippen molar-refractivity contribution in [2.45, 2.75) is 78.7 Å². The molecular weight excluding hydrogens is 330 g/mol. The molecule has 3 heterocycles. The van der Waals surface area contributed by atoms with E-state index in [9.17, 15) is 4.79 Å². The van der Waals surface area contributed by atoms with E-state index < -0.39 is 5.41 Å². The maximum absolute atomic E-state index is 12.7. The highest BCUT2D eigenvalue weighted by Crippen LogP contribution is 2.34. The summed E-state index contributed by atoms with van der Waals surface area (Å²) in [4.78, 5) is 25.0. The standard InChI is InChI=1S/C20H27N3OS/c1-20(2,3)19(24)22-17-16-13-9-6-7-10-14(13)25-18(16)21-15-11-5-4-8-12-23(15)17/h4-12H2,1-3H3. The van der Waals surface area contributed by atoms with E-state index in [2.05, 4.69) is 9.56 Å². The highest BCUT2D eigenvalue weighted by molar-refractivity contribution is 7.18. The van der Waals surface area contributed by atoms with Crippen molar-refractivity contribution in [1.82, 2.24) is 9.55 Å². The number of nitrogens with zero attached hydrogens (tertiary/aromatic N) is 3. The van der Waals surface area contributed by atoms with E-state index in [-0.39, 0.29) is 5.91 Å². The monoisotopic (exact) mass is 357 g/mol. The van der Waals surface area contributed by atoms with Gasteiger partial charge in [0, 0.05) is 23.3 Å². The van der Waals surface area contributed by atoms with Gasteiger partial charge >= 0.3 is 0 Å². The molecule has 2 aliphatic rings. The molecule has 4 rings (SSSR count). The van der Waals surface area contributed by atoms with E-state index in [0.29, 0.717) is 0 Å². The molecule has 1 aliphatic carbocycles. The normalized spacial score (nSPS) is 18.8. The molecule has 0 spiro atoms. The zero-order valence-electron chi connectivity index (χ0n) is 15.5. The third kappa shape index (κ3) is 3.07. The number of hydrogen-bond acceptors (Lipinski definition) is 3. The van der Waals surface area contributed by atoms with Gasteiger partial charge < -0.3 is 4.57 Å². The second kappa shape index (κ2) is 6.35. The number of rotatable bonds is 0. The summed E-state index contributed by atoms with van der Waals surface area (Å²) in [5, 5.41) is 1.17. The van der Waals surface area contributed by atoms with Gasteiger partial charge in [0.05, 0.1) is 5.39 Å². The van der Waals surface area contributed by atoms with Gasteiger partial charge in [-0.3, -0.25) is 4.79 Å². The molecule has 0 fully saturated rings. The third-order valence-electron chi connectivity index (χ3n) is 5.31. The number of fused-ring (bicyclic) bond motifs is 4. The van der Waals surface area contributed by atoms with Crippen LogP contribution in [-0.2, 0) is 30.6 Å². The lowest BCUT2D eigenvalue weighted by molar-refractivity contribution is -0.125. The van der Waals surface area contributed by atoms with Crippen LogP contribution in [0.1, 0.15) is 69.1 Å². The second-order valence-corrected chi connectivity index (χ2v) is 9.46. The van der Waals surface area contributed by atoms with Gasteiger partial charge in [-0.1, -0.05) is 27.2 Å². The average molecular weight is 358 g/mol. The first-order valence-electron chi connectivity index (χ1n) is 9.58. The number of carbonyl (C=O) groups excluding carboxylic acids is 1. The summed E-state index contributed by atoms with van der Waals surface area (Å²) in [6.45, 7) is 6.77. The van der Waals surface area contributed by atoms with Gasteiger partial charge in [-0.05, 0) is 44.1 Å². The summed E-state index contributed by atoms with van der Waals surface area (Å²) in [7, 11) is 0. The lowest BCUT2D eigenvalue weighted by Crippen LogP contribution is -2.30. The summed E-state index contributed by atoms with van der Waals surface area (Å²) >= 11 is 1.83. The molecule has 2 aromatic rings. The summed E-state index contributed by atoms with van der Waals surface area (Å²) in [5.74, 6) is 1.08. The van der Waals surface area contributed by atoms with Crippen LogP contribution in [0.5, 0.6) is 0 Å². The first-order chi connectivity index (χ1) is 11.9. The minimum absolute atomic E-state index is 0.0327. The van der Waals surface area contributed by atoms with Gasteiger partial charge in [-0.15, -0.1) is 11.3 Å². The number of amides is 1. The van der Waals surface area contributed by atoms with Crippen molar-refractivity contribution in [1.29, 1.82) is 0 Å². The Labute approximate surface area is 153 Å². The smallest absolute Gasteiger partial charge is 0.253 e. The van der Waals surface area contributed by atoms with E-state index in [1.807, 2.05) is 32.1 Å².